The molecule has 114 valence electrons. The molecule has 2 heterocycles. The molecule has 1 aliphatic rings. The Bertz CT molecular complexity index is 521. The lowest BCUT2D eigenvalue weighted by atomic mass is 10.00. The third kappa shape index (κ3) is 3.78. The van der Waals surface area contributed by atoms with Crippen molar-refractivity contribution in [3.05, 3.63) is 18.0 Å². The number of hydrogen-bond acceptors (Lipinski definition) is 4. The quantitative estimate of drug-likeness (QED) is 0.742. The Balaban J connectivity index is 1.81. The number of nitrogens with one attached hydrogen (secondary N) is 1. The second-order valence-corrected chi connectivity index (χ2v) is 6.88. The number of nitrogens with zero attached hydrogens (tertiary/aromatic N) is 3. The molecule has 0 saturated carbocycles. The summed E-state index contributed by atoms with van der Waals surface area (Å²) in [6.07, 6.45) is 3.75. The average Bonchev–Trinajstić information content (AvgIpc) is 2.84. The highest BCUT2D eigenvalue weighted by Gasteiger charge is 2.27. The highest BCUT2D eigenvalue weighted by atomic mass is 32.2. The fourth-order valence-electron chi connectivity index (χ4n) is 2.38. The molecule has 7 nitrogen and oxygen atoms in total. The molecule has 1 fully saturated rings. The van der Waals surface area contributed by atoms with Gasteiger partial charge in [-0.05, 0) is 24.8 Å². The molecule has 0 radical (unpaired) electrons. The van der Waals surface area contributed by atoms with E-state index in [1.165, 1.54) is 4.31 Å². The summed E-state index contributed by atoms with van der Waals surface area (Å²) in [4.78, 5) is 0. The molecule has 1 saturated heterocycles. The highest BCUT2D eigenvalue weighted by Crippen LogP contribution is 2.18. The third-order valence-electron chi connectivity index (χ3n) is 3.76. The maximum Gasteiger partial charge on any atom is 0.279 e. The predicted molar refractivity (Wildman–Crippen MR) is 75.2 cm³/mol. The van der Waals surface area contributed by atoms with Gasteiger partial charge in [0.2, 0.25) is 0 Å². The lowest BCUT2D eigenvalue weighted by Gasteiger charge is -2.30. The Morgan fingerprint density at radius 1 is 1.45 bits per heavy atom. The highest BCUT2D eigenvalue weighted by molar-refractivity contribution is 7.87. The Labute approximate surface area is 119 Å². The molecule has 0 atom stereocenters. The average molecular weight is 302 g/mol. The van der Waals surface area contributed by atoms with Crippen LogP contribution in [0.2, 0.25) is 0 Å². The van der Waals surface area contributed by atoms with Gasteiger partial charge in [0, 0.05) is 51.6 Å². The van der Waals surface area contributed by atoms with E-state index in [1.54, 1.807) is 10.9 Å². The van der Waals surface area contributed by atoms with Crippen molar-refractivity contribution in [1.29, 1.82) is 0 Å². The second-order valence-electron chi connectivity index (χ2n) is 5.12. The van der Waals surface area contributed by atoms with Crippen LogP contribution in [-0.4, -0.2) is 53.9 Å². The fourth-order valence-corrected chi connectivity index (χ4v) is 3.61. The van der Waals surface area contributed by atoms with Gasteiger partial charge in [-0.3, -0.25) is 4.68 Å². The number of aliphatic hydroxyl groups is 1. The van der Waals surface area contributed by atoms with Crippen LogP contribution in [-0.2, 0) is 23.7 Å². The van der Waals surface area contributed by atoms with E-state index in [9.17, 15) is 8.42 Å². The van der Waals surface area contributed by atoms with Crippen LogP contribution in [0, 0.1) is 5.92 Å². The summed E-state index contributed by atoms with van der Waals surface area (Å²) >= 11 is 0. The minimum atomic E-state index is -3.41. The van der Waals surface area contributed by atoms with Crippen molar-refractivity contribution in [2.75, 3.05) is 26.2 Å². The Morgan fingerprint density at radius 3 is 2.70 bits per heavy atom. The van der Waals surface area contributed by atoms with Crippen molar-refractivity contribution in [2.24, 2.45) is 13.0 Å². The number of rotatable bonds is 6. The number of piperidine rings is 1. The van der Waals surface area contributed by atoms with Crippen molar-refractivity contribution in [1.82, 2.24) is 18.8 Å². The van der Waals surface area contributed by atoms with Gasteiger partial charge in [0.1, 0.15) is 0 Å². The summed E-state index contributed by atoms with van der Waals surface area (Å²) in [6.45, 7) is 1.46. The van der Waals surface area contributed by atoms with Gasteiger partial charge in [0.25, 0.3) is 10.2 Å². The molecule has 2 N–H and O–H groups in total. The van der Waals surface area contributed by atoms with Crippen LogP contribution < -0.4 is 4.72 Å². The molecule has 2 rings (SSSR count). The van der Waals surface area contributed by atoms with Crippen molar-refractivity contribution < 1.29 is 13.5 Å². The molecular weight excluding hydrogens is 280 g/mol. The lowest BCUT2D eigenvalue weighted by molar-refractivity contribution is 0.169. The minimum absolute atomic E-state index is 0.141. The van der Waals surface area contributed by atoms with E-state index >= 15 is 0 Å². The maximum atomic E-state index is 12.1. The van der Waals surface area contributed by atoms with E-state index in [0.29, 0.717) is 26.1 Å². The molecule has 8 heteroatoms. The summed E-state index contributed by atoms with van der Waals surface area (Å²) in [5, 5.41) is 13.1. The van der Waals surface area contributed by atoms with Crippen LogP contribution in [0.25, 0.3) is 0 Å². The molecule has 0 aliphatic carbocycles. The van der Waals surface area contributed by atoms with E-state index in [2.05, 4.69) is 9.82 Å². The van der Waals surface area contributed by atoms with Crippen LogP contribution in [0.1, 0.15) is 18.5 Å². The number of aryl methyl sites for hydroxylation is 1. The minimum Gasteiger partial charge on any atom is -0.396 e. The molecule has 0 bridgehead atoms. The van der Waals surface area contributed by atoms with Crippen LogP contribution >= 0.6 is 0 Å². The zero-order chi connectivity index (χ0) is 14.6. The van der Waals surface area contributed by atoms with Gasteiger partial charge in [0.15, 0.2) is 0 Å². The summed E-state index contributed by atoms with van der Waals surface area (Å²) in [5.41, 5.74) is 0.992. The predicted octanol–water partition coefficient (Wildman–Crippen LogP) is -0.499. The first kappa shape index (κ1) is 15.4. The van der Waals surface area contributed by atoms with Gasteiger partial charge < -0.3 is 5.11 Å². The molecule has 0 spiro atoms. The topological polar surface area (TPSA) is 87.5 Å². The Hall–Kier alpha value is -0.960. The third-order valence-corrected chi connectivity index (χ3v) is 5.37. The van der Waals surface area contributed by atoms with Crippen molar-refractivity contribution in [3.63, 3.8) is 0 Å². The smallest absolute Gasteiger partial charge is 0.279 e. The first-order valence-corrected chi connectivity index (χ1v) is 8.29. The van der Waals surface area contributed by atoms with Gasteiger partial charge in [-0.25, -0.2) is 4.72 Å². The summed E-state index contributed by atoms with van der Waals surface area (Å²) in [6, 6.07) is 1.88. The summed E-state index contributed by atoms with van der Waals surface area (Å²) < 4.78 is 30.1. The van der Waals surface area contributed by atoms with E-state index in [-0.39, 0.29) is 12.5 Å². The number of aliphatic hydroxyl groups excluding tert-OH is 1. The fraction of sp³-hybridized carbons (Fsp3) is 0.750. The largest absolute Gasteiger partial charge is 0.396 e. The zero-order valence-corrected chi connectivity index (χ0v) is 12.5. The van der Waals surface area contributed by atoms with Crippen molar-refractivity contribution >= 4 is 10.2 Å². The number of hydrogen-bond donors (Lipinski definition) is 2. The van der Waals surface area contributed by atoms with E-state index in [0.717, 1.165) is 18.5 Å². The molecule has 0 amide bonds. The molecule has 1 aromatic heterocycles. The Kier molecular flexibility index (Phi) is 5.14. The standard InChI is InChI=1S/C12H22N4O3S/c1-15-12(2-6-13-15)3-7-14-20(18,19)16-8-4-11(10-17)5-9-16/h2,6,11,14,17H,3-5,7-10H2,1H3. The van der Waals surface area contributed by atoms with Crippen LogP contribution in [0.15, 0.2) is 12.3 Å². The molecular formula is C12H22N4O3S. The van der Waals surface area contributed by atoms with Crippen LogP contribution in [0.3, 0.4) is 0 Å². The maximum absolute atomic E-state index is 12.1. The van der Waals surface area contributed by atoms with Gasteiger partial charge >= 0.3 is 0 Å². The molecule has 20 heavy (non-hydrogen) atoms. The summed E-state index contributed by atoms with van der Waals surface area (Å²) in [5.74, 6) is 0.232. The Morgan fingerprint density at radius 2 is 2.15 bits per heavy atom. The monoisotopic (exact) mass is 302 g/mol. The van der Waals surface area contributed by atoms with Gasteiger partial charge in [-0.1, -0.05) is 0 Å². The first-order chi connectivity index (χ1) is 9.53. The zero-order valence-electron chi connectivity index (χ0n) is 11.7. The first-order valence-electron chi connectivity index (χ1n) is 6.85. The normalized spacial score (nSPS) is 18.5. The molecule has 1 aromatic rings. The van der Waals surface area contributed by atoms with Gasteiger partial charge in [-0.2, -0.15) is 17.8 Å². The van der Waals surface area contributed by atoms with E-state index < -0.39 is 10.2 Å². The van der Waals surface area contributed by atoms with Gasteiger partial charge in [-0.15, -0.1) is 0 Å². The van der Waals surface area contributed by atoms with Crippen LogP contribution in [0.5, 0.6) is 0 Å². The van der Waals surface area contributed by atoms with Crippen LogP contribution in [0.4, 0.5) is 0 Å². The second kappa shape index (κ2) is 6.66. The van der Waals surface area contributed by atoms with E-state index in [1.807, 2.05) is 13.1 Å². The number of aromatic nitrogens is 2. The van der Waals surface area contributed by atoms with Gasteiger partial charge in [0.05, 0.1) is 0 Å². The SMILES string of the molecule is Cn1nccc1CCNS(=O)(=O)N1CCC(CO)CC1. The van der Waals surface area contributed by atoms with Crippen molar-refractivity contribution in [3.8, 4) is 0 Å². The molecule has 1 aliphatic heterocycles. The molecule has 0 unspecified atom stereocenters. The van der Waals surface area contributed by atoms with E-state index in [4.69, 9.17) is 5.11 Å². The van der Waals surface area contributed by atoms with Crippen molar-refractivity contribution in [2.45, 2.75) is 19.3 Å². The molecule has 0 aromatic carbocycles. The lowest BCUT2D eigenvalue weighted by Crippen LogP contribution is -2.45. The summed E-state index contributed by atoms with van der Waals surface area (Å²) in [7, 11) is -1.57.